The maximum absolute atomic E-state index is 9.15. The molecular weight excluding hydrogens is 309 g/mol. The van der Waals surface area contributed by atoms with Crippen LogP contribution in [-0.4, -0.2) is 36.6 Å². The van der Waals surface area contributed by atoms with Crippen molar-refractivity contribution in [2.75, 3.05) is 25.6 Å². The second-order valence-corrected chi connectivity index (χ2v) is 4.23. The number of anilines is 1. The van der Waals surface area contributed by atoms with Crippen LogP contribution in [0.4, 0.5) is 5.69 Å². The number of hydrogen-bond acceptors (Lipinski definition) is 4. The number of nitrogens with one attached hydrogen (secondary N) is 1. The minimum Gasteiger partial charge on any atom is -0.496 e. The van der Waals surface area contributed by atoms with E-state index in [9.17, 15) is 0 Å². The summed E-state index contributed by atoms with van der Waals surface area (Å²) < 4.78 is 6.12. The number of rotatable bonds is 5. The summed E-state index contributed by atoms with van der Waals surface area (Å²) in [5.41, 5.74) is 0.896. The molecule has 0 fully saturated rings. The number of benzene rings is 1. The van der Waals surface area contributed by atoms with Crippen molar-refractivity contribution in [3.05, 3.63) is 21.8 Å². The van der Waals surface area contributed by atoms with E-state index < -0.39 is 6.10 Å². The van der Waals surface area contributed by atoms with E-state index in [4.69, 9.17) is 14.9 Å². The molecule has 0 aliphatic heterocycles. The maximum atomic E-state index is 9.15. The van der Waals surface area contributed by atoms with E-state index in [1.807, 2.05) is 18.2 Å². The van der Waals surface area contributed by atoms with Gasteiger partial charge in [-0.3, -0.25) is 0 Å². The lowest BCUT2D eigenvalue weighted by Crippen LogP contribution is -2.22. The number of hydrogen-bond donors (Lipinski definition) is 3. The van der Waals surface area contributed by atoms with Crippen molar-refractivity contribution in [3.8, 4) is 5.75 Å². The fourth-order valence-corrected chi connectivity index (χ4v) is 1.81. The van der Waals surface area contributed by atoms with Gasteiger partial charge >= 0.3 is 0 Å². The summed E-state index contributed by atoms with van der Waals surface area (Å²) in [5.74, 6) is 0.823. The van der Waals surface area contributed by atoms with Gasteiger partial charge in [0.25, 0.3) is 0 Å². The molecule has 1 aromatic carbocycles. The summed E-state index contributed by atoms with van der Waals surface area (Å²) in [6.45, 7) is 0.0964. The van der Waals surface area contributed by atoms with Crippen LogP contribution >= 0.6 is 22.6 Å². The van der Waals surface area contributed by atoms with Crippen molar-refractivity contribution in [1.82, 2.24) is 0 Å². The highest BCUT2D eigenvalue weighted by molar-refractivity contribution is 14.1. The van der Waals surface area contributed by atoms with E-state index >= 15 is 0 Å². The lowest BCUT2D eigenvalue weighted by Gasteiger charge is -2.11. The molecule has 15 heavy (non-hydrogen) atoms. The van der Waals surface area contributed by atoms with Gasteiger partial charge in [0.1, 0.15) is 5.75 Å². The Kier molecular flexibility index (Phi) is 5.13. The Labute approximate surface area is 102 Å². The Balaban J connectivity index is 2.59. The Morgan fingerprint density at radius 3 is 2.80 bits per heavy atom. The first kappa shape index (κ1) is 12.5. The molecule has 4 nitrogen and oxygen atoms in total. The topological polar surface area (TPSA) is 61.7 Å². The summed E-state index contributed by atoms with van der Waals surface area (Å²) in [6, 6.07) is 5.64. The third-order valence-electron chi connectivity index (χ3n) is 1.90. The molecule has 0 aromatic heterocycles. The monoisotopic (exact) mass is 323 g/mol. The summed E-state index contributed by atoms with van der Waals surface area (Å²) in [7, 11) is 1.63. The van der Waals surface area contributed by atoms with Crippen LogP contribution < -0.4 is 10.1 Å². The average molecular weight is 323 g/mol. The summed E-state index contributed by atoms with van der Waals surface area (Å²) in [5, 5.41) is 20.8. The van der Waals surface area contributed by atoms with Gasteiger partial charge in [-0.2, -0.15) is 0 Å². The van der Waals surface area contributed by atoms with Gasteiger partial charge < -0.3 is 20.3 Å². The molecule has 1 atom stereocenters. The maximum Gasteiger partial charge on any atom is 0.132 e. The van der Waals surface area contributed by atoms with Crippen LogP contribution in [0.3, 0.4) is 0 Å². The molecule has 1 unspecified atom stereocenters. The lowest BCUT2D eigenvalue weighted by molar-refractivity contribution is 0.105. The van der Waals surface area contributed by atoms with E-state index in [2.05, 4.69) is 27.9 Å². The number of ether oxygens (including phenoxy) is 1. The van der Waals surface area contributed by atoms with Crippen molar-refractivity contribution >= 4 is 28.3 Å². The largest absolute Gasteiger partial charge is 0.496 e. The van der Waals surface area contributed by atoms with Crippen molar-refractivity contribution in [1.29, 1.82) is 0 Å². The molecule has 5 heteroatoms. The molecule has 0 radical (unpaired) electrons. The molecule has 3 N–H and O–H groups in total. The molecule has 0 saturated carbocycles. The Morgan fingerprint density at radius 1 is 1.53 bits per heavy atom. The van der Waals surface area contributed by atoms with E-state index in [-0.39, 0.29) is 6.61 Å². The SMILES string of the molecule is COc1ccc(NCC(O)CO)cc1I. The van der Waals surface area contributed by atoms with E-state index in [1.54, 1.807) is 7.11 Å². The van der Waals surface area contributed by atoms with Crippen molar-refractivity contribution < 1.29 is 14.9 Å². The van der Waals surface area contributed by atoms with Gasteiger partial charge in [0.15, 0.2) is 0 Å². The third-order valence-corrected chi connectivity index (χ3v) is 2.75. The fourth-order valence-electron chi connectivity index (χ4n) is 1.08. The molecule has 0 amide bonds. The standard InChI is InChI=1S/C10H14INO3/c1-15-10-3-2-7(4-9(10)11)12-5-8(14)6-13/h2-4,8,12-14H,5-6H2,1H3. The minimum absolute atomic E-state index is 0.236. The molecule has 0 heterocycles. The zero-order valence-electron chi connectivity index (χ0n) is 8.40. The highest BCUT2D eigenvalue weighted by Gasteiger charge is 2.03. The van der Waals surface area contributed by atoms with Crippen LogP contribution in [0.5, 0.6) is 5.75 Å². The Morgan fingerprint density at radius 2 is 2.27 bits per heavy atom. The summed E-state index contributed by atoms with van der Waals surface area (Å²) in [6.07, 6.45) is -0.732. The lowest BCUT2D eigenvalue weighted by atomic mass is 10.3. The number of aliphatic hydroxyl groups excluding tert-OH is 2. The zero-order valence-corrected chi connectivity index (χ0v) is 10.6. The highest BCUT2D eigenvalue weighted by Crippen LogP contribution is 2.23. The molecule has 1 rings (SSSR count). The first-order chi connectivity index (χ1) is 7.17. The van der Waals surface area contributed by atoms with Crippen LogP contribution in [0.2, 0.25) is 0 Å². The molecule has 0 aliphatic rings. The second-order valence-electron chi connectivity index (χ2n) is 3.07. The number of methoxy groups -OCH3 is 1. The van der Waals surface area contributed by atoms with Gasteiger partial charge in [-0.15, -0.1) is 0 Å². The van der Waals surface area contributed by atoms with Gasteiger partial charge in [0.05, 0.1) is 23.4 Å². The molecule has 1 aromatic rings. The molecule has 0 saturated heterocycles. The Hall–Kier alpha value is -0.530. The van der Waals surface area contributed by atoms with Crippen LogP contribution in [-0.2, 0) is 0 Å². The van der Waals surface area contributed by atoms with Crippen LogP contribution in [0.25, 0.3) is 0 Å². The first-order valence-electron chi connectivity index (χ1n) is 4.53. The number of aliphatic hydroxyl groups is 2. The highest BCUT2D eigenvalue weighted by atomic mass is 127. The first-order valence-corrected chi connectivity index (χ1v) is 5.61. The quantitative estimate of drug-likeness (QED) is 0.710. The normalized spacial score (nSPS) is 12.3. The average Bonchev–Trinajstić information content (AvgIpc) is 2.26. The number of halogens is 1. The Bertz CT molecular complexity index is 320. The van der Waals surface area contributed by atoms with Gasteiger partial charge in [-0.25, -0.2) is 0 Å². The van der Waals surface area contributed by atoms with E-state index in [1.165, 1.54) is 0 Å². The van der Waals surface area contributed by atoms with Crippen molar-refractivity contribution in [3.63, 3.8) is 0 Å². The van der Waals surface area contributed by atoms with Gasteiger partial charge in [-0.1, -0.05) is 0 Å². The minimum atomic E-state index is -0.732. The molecule has 0 aliphatic carbocycles. The molecule has 0 bridgehead atoms. The molecule has 0 spiro atoms. The van der Waals surface area contributed by atoms with Crippen molar-refractivity contribution in [2.45, 2.75) is 6.10 Å². The predicted molar refractivity (Wildman–Crippen MR) is 67.3 cm³/mol. The van der Waals surface area contributed by atoms with Crippen LogP contribution in [0.1, 0.15) is 0 Å². The van der Waals surface area contributed by atoms with E-state index in [0.717, 1.165) is 15.0 Å². The van der Waals surface area contributed by atoms with E-state index in [0.29, 0.717) is 6.54 Å². The fraction of sp³-hybridized carbons (Fsp3) is 0.400. The van der Waals surface area contributed by atoms with Gasteiger partial charge in [-0.05, 0) is 40.8 Å². The molecular formula is C10H14INO3. The summed E-state index contributed by atoms with van der Waals surface area (Å²) in [4.78, 5) is 0. The van der Waals surface area contributed by atoms with Crippen LogP contribution in [0, 0.1) is 3.57 Å². The van der Waals surface area contributed by atoms with Crippen LogP contribution in [0.15, 0.2) is 18.2 Å². The zero-order chi connectivity index (χ0) is 11.3. The predicted octanol–water partition coefficient (Wildman–Crippen LogP) is 1.06. The van der Waals surface area contributed by atoms with Crippen molar-refractivity contribution in [2.24, 2.45) is 0 Å². The third kappa shape index (κ3) is 3.84. The molecule has 84 valence electrons. The van der Waals surface area contributed by atoms with Gasteiger partial charge in [0, 0.05) is 12.2 Å². The second kappa shape index (κ2) is 6.14. The van der Waals surface area contributed by atoms with Gasteiger partial charge in [0.2, 0.25) is 0 Å². The summed E-state index contributed by atoms with van der Waals surface area (Å²) >= 11 is 2.18. The smallest absolute Gasteiger partial charge is 0.132 e.